The van der Waals surface area contributed by atoms with Crippen molar-refractivity contribution in [1.29, 1.82) is 0 Å². The van der Waals surface area contributed by atoms with Crippen molar-refractivity contribution in [2.45, 2.75) is 33.0 Å². The van der Waals surface area contributed by atoms with Crippen molar-refractivity contribution < 1.29 is 4.74 Å². The highest BCUT2D eigenvalue weighted by Crippen LogP contribution is 2.23. The first kappa shape index (κ1) is 16.2. The Kier molecular flexibility index (Phi) is 4.63. The lowest BCUT2D eigenvalue weighted by Gasteiger charge is -2.36. The van der Waals surface area contributed by atoms with Gasteiger partial charge in [-0.3, -0.25) is 0 Å². The Labute approximate surface area is 142 Å². The molecule has 2 aromatic heterocycles. The number of ether oxygens (including phenoxy) is 1. The molecule has 24 heavy (non-hydrogen) atoms. The Morgan fingerprint density at radius 1 is 1.12 bits per heavy atom. The first-order chi connectivity index (χ1) is 11.5. The van der Waals surface area contributed by atoms with Gasteiger partial charge in [-0.1, -0.05) is 11.8 Å². The van der Waals surface area contributed by atoms with Crippen LogP contribution in [0, 0.1) is 18.8 Å². The fourth-order valence-corrected chi connectivity index (χ4v) is 2.81. The van der Waals surface area contributed by atoms with Crippen molar-refractivity contribution >= 4 is 11.6 Å². The number of aryl methyl sites for hydroxylation is 1. The number of hydrogen-bond acceptors (Lipinski definition) is 6. The van der Waals surface area contributed by atoms with Crippen molar-refractivity contribution in [3.05, 3.63) is 41.5 Å². The summed E-state index contributed by atoms with van der Waals surface area (Å²) in [5, 5.41) is 0. The molecule has 0 radical (unpaired) electrons. The second-order valence-electron chi connectivity index (χ2n) is 6.04. The van der Waals surface area contributed by atoms with Crippen LogP contribution in [0.25, 0.3) is 0 Å². The summed E-state index contributed by atoms with van der Waals surface area (Å²) in [6.07, 6.45) is 3.57. The monoisotopic (exact) mass is 323 g/mol. The van der Waals surface area contributed by atoms with Gasteiger partial charge in [0.25, 0.3) is 0 Å². The van der Waals surface area contributed by atoms with Gasteiger partial charge in [-0.15, -0.1) is 0 Å². The van der Waals surface area contributed by atoms with Crippen molar-refractivity contribution in [2.24, 2.45) is 0 Å². The molecule has 1 aliphatic rings. The molecule has 0 aromatic carbocycles. The van der Waals surface area contributed by atoms with E-state index in [0.29, 0.717) is 5.82 Å². The standard InChI is InChI=1S/C18H21N5O/c1-12-9-23(10-13(2)24-12)18-16(14(3)21-11-22-18)6-4-15-5-7-17(19)20-8-15/h5,7-8,11-13H,9-10H2,1-3H3,(H2,19,20)/t12-,13+. The van der Waals surface area contributed by atoms with E-state index in [9.17, 15) is 0 Å². The largest absolute Gasteiger partial charge is 0.384 e. The van der Waals surface area contributed by atoms with Crippen LogP contribution < -0.4 is 10.6 Å². The zero-order chi connectivity index (χ0) is 17.1. The maximum atomic E-state index is 5.81. The van der Waals surface area contributed by atoms with Crippen LogP contribution in [0.1, 0.15) is 30.7 Å². The van der Waals surface area contributed by atoms with Crippen LogP contribution in [0.4, 0.5) is 11.6 Å². The smallest absolute Gasteiger partial charge is 0.148 e. The molecule has 0 unspecified atom stereocenters. The molecule has 3 rings (SSSR count). The number of nitrogens with zero attached hydrogens (tertiary/aromatic N) is 4. The van der Waals surface area contributed by atoms with E-state index >= 15 is 0 Å². The molecule has 1 saturated heterocycles. The van der Waals surface area contributed by atoms with Crippen LogP contribution in [-0.2, 0) is 4.74 Å². The van der Waals surface area contributed by atoms with E-state index in [2.05, 4.69) is 45.5 Å². The molecule has 3 heterocycles. The van der Waals surface area contributed by atoms with Crippen molar-refractivity contribution in [1.82, 2.24) is 15.0 Å². The predicted octanol–water partition coefficient (Wildman–Crippen LogP) is 1.78. The summed E-state index contributed by atoms with van der Waals surface area (Å²) in [7, 11) is 0. The van der Waals surface area contributed by atoms with Gasteiger partial charge in [0, 0.05) is 24.8 Å². The summed E-state index contributed by atoms with van der Waals surface area (Å²) in [5.74, 6) is 7.68. The summed E-state index contributed by atoms with van der Waals surface area (Å²) in [4.78, 5) is 15.1. The van der Waals surface area contributed by atoms with Crippen LogP contribution in [0.15, 0.2) is 24.7 Å². The van der Waals surface area contributed by atoms with Gasteiger partial charge in [0.1, 0.15) is 18.0 Å². The molecule has 6 nitrogen and oxygen atoms in total. The zero-order valence-corrected chi connectivity index (χ0v) is 14.2. The second-order valence-corrected chi connectivity index (χ2v) is 6.04. The molecule has 2 N–H and O–H groups in total. The number of nitrogens with two attached hydrogens (primary N) is 1. The van der Waals surface area contributed by atoms with E-state index in [1.54, 1.807) is 18.6 Å². The van der Waals surface area contributed by atoms with Crippen LogP contribution in [0.3, 0.4) is 0 Å². The Morgan fingerprint density at radius 3 is 2.54 bits per heavy atom. The lowest BCUT2D eigenvalue weighted by Crippen LogP contribution is -2.46. The van der Waals surface area contributed by atoms with Crippen LogP contribution in [0.5, 0.6) is 0 Å². The van der Waals surface area contributed by atoms with Gasteiger partial charge in [-0.25, -0.2) is 15.0 Å². The molecule has 0 spiro atoms. The predicted molar refractivity (Wildman–Crippen MR) is 93.6 cm³/mol. The van der Waals surface area contributed by atoms with Gasteiger partial charge >= 0.3 is 0 Å². The topological polar surface area (TPSA) is 77.2 Å². The Hall–Kier alpha value is -2.65. The maximum Gasteiger partial charge on any atom is 0.148 e. The summed E-state index contributed by atoms with van der Waals surface area (Å²) in [6, 6.07) is 3.59. The molecule has 124 valence electrons. The highest BCUT2D eigenvalue weighted by molar-refractivity contribution is 5.59. The number of aromatic nitrogens is 3. The lowest BCUT2D eigenvalue weighted by molar-refractivity contribution is -0.00548. The Bertz CT molecular complexity index is 768. The second kappa shape index (κ2) is 6.85. The molecule has 1 fully saturated rings. The van der Waals surface area contributed by atoms with E-state index < -0.39 is 0 Å². The van der Waals surface area contributed by atoms with Crippen molar-refractivity contribution in [2.75, 3.05) is 23.7 Å². The van der Waals surface area contributed by atoms with Crippen molar-refractivity contribution in [3.8, 4) is 11.8 Å². The number of nitrogen functional groups attached to an aromatic ring is 1. The quantitative estimate of drug-likeness (QED) is 0.806. The van der Waals surface area contributed by atoms with E-state index in [0.717, 1.165) is 35.7 Å². The van der Waals surface area contributed by atoms with Crippen molar-refractivity contribution in [3.63, 3.8) is 0 Å². The molecule has 0 aliphatic carbocycles. The van der Waals surface area contributed by atoms with Gasteiger partial charge < -0.3 is 15.4 Å². The minimum absolute atomic E-state index is 0.158. The Morgan fingerprint density at radius 2 is 1.88 bits per heavy atom. The third-order valence-corrected chi connectivity index (χ3v) is 3.85. The molecule has 0 saturated carbocycles. The highest BCUT2D eigenvalue weighted by Gasteiger charge is 2.25. The molecular formula is C18H21N5O. The van der Waals surface area contributed by atoms with Gasteiger partial charge in [-0.2, -0.15) is 0 Å². The summed E-state index contributed by atoms with van der Waals surface area (Å²) >= 11 is 0. The highest BCUT2D eigenvalue weighted by atomic mass is 16.5. The lowest BCUT2D eigenvalue weighted by atomic mass is 10.1. The van der Waals surface area contributed by atoms with Crippen LogP contribution >= 0.6 is 0 Å². The summed E-state index contributed by atoms with van der Waals surface area (Å²) in [6.45, 7) is 7.67. The molecular weight excluding hydrogens is 302 g/mol. The van der Waals surface area contributed by atoms with E-state index in [4.69, 9.17) is 10.5 Å². The van der Waals surface area contributed by atoms with Crippen LogP contribution in [0.2, 0.25) is 0 Å². The first-order valence-electron chi connectivity index (χ1n) is 7.98. The van der Waals surface area contributed by atoms with Crippen LogP contribution in [-0.4, -0.2) is 40.2 Å². The SMILES string of the molecule is Cc1ncnc(N2C[C@@H](C)O[C@@H](C)C2)c1C#Cc1ccc(N)nc1. The minimum atomic E-state index is 0.158. The van der Waals surface area contributed by atoms with E-state index in [-0.39, 0.29) is 12.2 Å². The normalized spacial score (nSPS) is 20.4. The fourth-order valence-electron chi connectivity index (χ4n) is 2.81. The number of anilines is 2. The molecule has 2 atom stereocenters. The third-order valence-electron chi connectivity index (χ3n) is 3.85. The average molecular weight is 323 g/mol. The zero-order valence-electron chi connectivity index (χ0n) is 14.2. The van der Waals surface area contributed by atoms with Gasteiger partial charge in [0.05, 0.1) is 23.5 Å². The van der Waals surface area contributed by atoms with Gasteiger partial charge in [0.2, 0.25) is 0 Å². The molecule has 0 amide bonds. The van der Waals surface area contributed by atoms with E-state index in [1.807, 2.05) is 13.0 Å². The van der Waals surface area contributed by atoms with Gasteiger partial charge in [0.15, 0.2) is 0 Å². The molecule has 6 heteroatoms. The number of hydrogen-bond donors (Lipinski definition) is 1. The third kappa shape index (κ3) is 3.63. The summed E-state index contributed by atoms with van der Waals surface area (Å²) < 4.78 is 5.81. The number of morpholine rings is 1. The minimum Gasteiger partial charge on any atom is -0.384 e. The maximum absolute atomic E-state index is 5.81. The van der Waals surface area contributed by atoms with Gasteiger partial charge in [-0.05, 0) is 32.9 Å². The fraction of sp³-hybridized carbons (Fsp3) is 0.389. The number of pyridine rings is 1. The Balaban J connectivity index is 1.95. The molecule has 1 aliphatic heterocycles. The molecule has 2 aromatic rings. The van der Waals surface area contributed by atoms with E-state index in [1.165, 1.54) is 0 Å². The number of rotatable bonds is 1. The first-order valence-corrected chi connectivity index (χ1v) is 7.98. The summed E-state index contributed by atoms with van der Waals surface area (Å²) in [5.41, 5.74) is 8.12. The average Bonchev–Trinajstić information content (AvgIpc) is 2.54. The molecule has 0 bridgehead atoms.